The number of anilines is 2. The number of nitrogens with zero attached hydrogens (tertiary/aromatic N) is 4. The largest absolute Gasteiger partial charge is 0.353 e. The first-order valence-electron chi connectivity index (χ1n) is 8.43. The summed E-state index contributed by atoms with van der Waals surface area (Å²) in [6.45, 7) is 4.26. The molecule has 1 aromatic heterocycles. The lowest BCUT2D eigenvalue weighted by molar-refractivity contribution is -0.121. The minimum atomic E-state index is 0.0448. The van der Waals surface area contributed by atoms with Crippen LogP contribution in [-0.2, 0) is 4.79 Å². The lowest BCUT2D eigenvalue weighted by atomic mass is 9.87. The number of hydrogen-bond acceptors (Lipinski definition) is 5. The van der Waals surface area contributed by atoms with Crippen LogP contribution in [0.25, 0.3) is 0 Å². The molecular weight excluding hydrogens is 382 g/mol. The van der Waals surface area contributed by atoms with Gasteiger partial charge >= 0.3 is 0 Å². The number of nitrogens with one attached hydrogen (secondary N) is 1. The summed E-state index contributed by atoms with van der Waals surface area (Å²) in [5.74, 6) is 1.03. The molecule has 0 aliphatic carbocycles. The van der Waals surface area contributed by atoms with E-state index in [0.717, 1.165) is 41.2 Å². The van der Waals surface area contributed by atoms with E-state index < -0.39 is 0 Å². The molecule has 2 unspecified atom stereocenters. The van der Waals surface area contributed by atoms with Crippen LogP contribution in [0.2, 0.25) is 0 Å². The molecule has 0 spiro atoms. The van der Waals surface area contributed by atoms with Crippen molar-refractivity contribution in [3.05, 3.63) is 46.8 Å². The van der Waals surface area contributed by atoms with Gasteiger partial charge in [0.15, 0.2) is 0 Å². The third kappa shape index (κ3) is 3.52. The zero-order chi connectivity index (χ0) is 17.4. The molecule has 130 valence electrons. The van der Waals surface area contributed by atoms with E-state index in [0.29, 0.717) is 18.6 Å². The summed E-state index contributed by atoms with van der Waals surface area (Å²) >= 11 is 3.40. The van der Waals surface area contributed by atoms with Crippen LogP contribution in [0.4, 0.5) is 11.5 Å². The van der Waals surface area contributed by atoms with Crippen molar-refractivity contribution in [2.45, 2.75) is 25.4 Å². The van der Waals surface area contributed by atoms with Gasteiger partial charge in [0.25, 0.3) is 0 Å². The number of benzene rings is 1. The van der Waals surface area contributed by atoms with Crippen LogP contribution in [0.5, 0.6) is 0 Å². The summed E-state index contributed by atoms with van der Waals surface area (Å²) in [4.78, 5) is 25.5. The van der Waals surface area contributed by atoms with E-state index in [9.17, 15) is 4.79 Å². The molecule has 2 bridgehead atoms. The Kier molecular flexibility index (Phi) is 4.43. The Morgan fingerprint density at radius 1 is 1.24 bits per heavy atom. The zero-order valence-electron chi connectivity index (χ0n) is 14.0. The Hall–Kier alpha value is -1.99. The van der Waals surface area contributed by atoms with Crippen molar-refractivity contribution in [1.29, 1.82) is 0 Å². The molecule has 2 atom stereocenters. The Balaban J connectivity index is 1.34. The van der Waals surface area contributed by atoms with Crippen molar-refractivity contribution in [2.75, 3.05) is 29.9 Å². The topological polar surface area (TPSA) is 61.4 Å². The normalized spacial score (nSPS) is 22.4. The van der Waals surface area contributed by atoms with Gasteiger partial charge in [-0.25, -0.2) is 9.97 Å². The Morgan fingerprint density at radius 2 is 1.96 bits per heavy atom. The third-order valence-corrected chi connectivity index (χ3v) is 5.44. The number of aryl methyl sites for hydroxylation is 1. The van der Waals surface area contributed by atoms with Gasteiger partial charge in [-0.05, 0) is 37.6 Å². The number of hydrogen-bond donors (Lipinski definition) is 1. The van der Waals surface area contributed by atoms with Gasteiger partial charge in [0.05, 0.1) is 6.54 Å². The smallest absolute Gasteiger partial charge is 0.238 e. The molecule has 1 amide bonds. The number of halogens is 1. The van der Waals surface area contributed by atoms with Crippen molar-refractivity contribution in [1.82, 2.24) is 14.9 Å². The van der Waals surface area contributed by atoms with E-state index in [1.165, 1.54) is 0 Å². The van der Waals surface area contributed by atoms with E-state index in [-0.39, 0.29) is 5.91 Å². The van der Waals surface area contributed by atoms with E-state index in [2.05, 4.69) is 41.0 Å². The first-order valence-corrected chi connectivity index (χ1v) is 9.22. The number of fused-ring (bicyclic) bond motifs is 2. The minimum absolute atomic E-state index is 0.0448. The molecule has 1 aromatic carbocycles. The fourth-order valence-corrected chi connectivity index (χ4v) is 3.91. The van der Waals surface area contributed by atoms with E-state index >= 15 is 0 Å². The van der Waals surface area contributed by atoms with Gasteiger partial charge in [-0.15, -0.1) is 0 Å². The Morgan fingerprint density at radius 3 is 2.64 bits per heavy atom. The van der Waals surface area contributed by atoms with Gasteiger partial charge in [0, 0.05) is 47.1 Å². The summed E-state index contributed by atoms with van der Waals surface area (Å²) in [6.07, 6.45) is 2.78. The Bertz CT molecular complexity index is 769. The van der Waals surface area contributed by atoms with Gasteiger partial charge < -0.3 is 10.2 Å². The third-order valence-electron chi connectivity index (χ3n) is 4.91. The molecule has 3 saturated heterocycles. The molecule has 5 rings (SSSR count). The van der Waals surface area contributed by atoms with Crippen LogP contribution in [0.3, 0.4) is 0 Å². The molecule has 4 heterocycles. The molecule has 0 radical (unpaired) electrons. The summed E-state index contributed by atoms with van der Waals surface area (Å²) in [5, 5.41) is 2.97. The highest BCUT2D eigenvalue weighted by Gasteiger charge is 2.45. The number of rotatable bonds is 4. The first kappa shape index (κ1) is 16.5. The van der Waals surface area contributed by atoms with Crippen molar-refractivity contribution in [3.8, 4) is 0 Å². The fraction of sp³-hybridized carbons (Fsp3) is 0.389. The average Bonchev–Trinajstić information content (AvgIpc) is 2.62. The summed E-state index contributed by atoms with van der Waals surface area (Å²) in [6, 6.07) is 10.5. The molecule has 3 fully saturated rings. The number of piperazine rings is 1. The molecule has 3 aliphatic heterocycles. The Labute approximate surface area is 155 Å². The predicted molar refractivity (Wildman–Crippen MR) is 101 cm³/mol. The van der Waals surface area contributed by atoms with Crippen LogP contribution >= 0.6 is 15.9 Å². The van der Waals surface area contributed by atoms with Gasteiger partial charge in [0.1, 0.15) is 12.1 Å². The van der Waals surface area contributed by atoms with E-state index in [1.807, 2.05) is 37.3 Å². The molecule has 7 heteroatoms. The summed E-state index contributed by atoms with van der Waals surface area (Å²) in [5.41, 5.74) is 1.81. The maximum atomic E-state index is 12.3. The quantitative estimate of drug-likeness (QED) is 0.852. The maximum Gasteiger partial charge on any atom is 0.238 e. The van der Waals surface area contributed by atoms with Crippen LogP contribution in [0.15, 0.2) is 41.1 Å². The van der Waals surface area contributed by atoms with Crippen LogP contribution in [0.1, 0.15) is 12.1 Å². The standard InChI is InChI=1S/C18H20BrN5O/c1-12-6-17(21-11-20-12)23-8-15-7-16(9-23)24(15)10-18(25)22-14-4-2-13(19)3-5-14/h2-6,11,15-16H,7-10H2,1H3,(H,22,25). The van der Waals surface area contributed by atoms with Gasteiger partial charge in [0.2, 0.25) is 5.91 Å². The lowest BCUT2D eigenvalue weighted by Gasteiger charge is -2.56. The van der Waals surface area contributed by atoms with E-state index in [1.54, 1.807) is 6.33 Å². The monoisotopic (exact) mass is 401 g/mol. The second-order valence-corrected chi connectivity index (χ2v) is 7.61. The number of piperidine rings is 1. The highest BCUT2D eigenvalue weighted by Crippen LogP contribution is 2.33. The number of aromatic nitrogens is 2. The van der Waals surface area contributed by atoms with Crippen molar-refractivity contribution in [2.24, 2.45) is 0 Å². The van der Waals surface area contributed by atoms with Gasteiger partial charge in [-0.3, -0.25) is 9.69 Å². The van der Waals surface area contributed by atoms with Crippen LogP contribution in [0, 0.1) is 6.92 Å². The molecule has 2 aromatic rings. The lowest BCUT2D eigenvalue weighted by Crippen LogP contribution is -2.69. The molecule has 3 aliphatic rings. The summed E-state index contributed by atoms with van der Waals surface area (Å²) in [7, 11) is 0. The SMILES string of the molecule is Cc1cc(N2CC3CC(C2)N3CC(=O)Nc2ccc(Br)cc2)ncn1. The molecule has 0 saturated carbocycles. The number of carbonyl (C=O) groups excluding carboxylic acids is 1. The second kappa shape index (κ2) is 6.72. The minimum Gasteiger partial charge on any atom is -0.353 e. The van der Waals surface area contributed by atoms with Crippen molar-refractivity contribution in [3.63, 3.8) is 0 Å². The second-order valence-electron chi connectivity index (χ2n) is 6.69. The fourth-order valence-electron chi connectivity index (χ4n) is 3.65. The van der Waals surface area contributed by atoms with Crippen LogP contribution < -0.4 is 10.2 Å². The maximum absolute atomic E-state index is 12.3. The highest BCUT2D eigenvalue weighted by molar-refractivity contribution is 9.10. The first-order chi connectivity index (χ1) is 12.1. The number of carbonyl (C=O) groups is 1. The summed E-state index contributed by atoms with van der Waals surface area (Å²) < 4.78 is 1.00. The zero-order valence-corrected chi connectivity index (χ0v) is 15.6. The van der Waals surface area contributed by atoms with Crippen molar-refractivity contribution < 1.29 is 4.79 Å². The molecule has 6 nitrogen and oxygen atoms in total. The molecular formula is C18H20BrN5O. The van der Waals surface area contributed by atoms with Crippen molar-refractivity contribution >= 4 is 33.3 Å². The van der Waals surface area contributed by atoms with E-state index in [4.69, 9.17) is 0 Å². The predicted octanol–water partition coefficient (Wildman–Crippen LogP) is 2.45. The molecule has 1 N–H and O–H groups in total. The average molecular weight is 402 g/mol. The number of amides is 1. The highest BCUT2D eigenvalue weighted by atomic mass is 79.9. The molecule has 25 heavy (non-hydrogen) atoms. The van der Waals surface area contributed by atoms with Crippen LogP contribution in [-0.4, -0.2) is 52.5 Å². The van der Waals surface area contributed by atoms with Gasteiger partial charge in [-0.1, -0.05) is 15.9 Å². The van der Waals surface area contributed by atoms with Gasteiger partial charge in [-0.2, -0.15) is 0 Å².